The maximum atomic E-state index is 10.9. The summed E-state index contributed by atoms with van der Waals surface area (Å²) in [6.07, 6.45) is 1.71. The van der Waals surface area contributed by atoms with Crippen LogP contribution in [-0.4, -0.2) is 23.2 Å². The Hall–Kier alpha value is -1.17. The van der Waals surface area contributed by atoms with Gasteiger partial charge in [0.05, 0.1) is 4.92 Å². The molecule has 106 valence electrons. The first-order valence-corrected chi connectivity index (χ1v) is 6.70. The minimum absolute atomic E-state index is 0.0372. The van der Waals surface area contributed by atoms with Crippen LogP contribution in [0.3, 0.4) is 0 Å². The molecule has 0 heterocycles. The lowest BCUT2D eigenvalue weighted by Gasteiger charge is -2.14. The molecule has 0 amide bonds. The summed E-state index contributed by atoms with van der Waals surface area (Å²) < 4.78 is 0. The molecule has 0 bridgehead atoms. The molecule has 2 N–H and O–H groups in total. The largest absolute Gasteiger partial charge is 0.396 e. The van der Waals surface area contributed by atoms with Gasteiger partial charge in [-0.15, -0.1) is 0 Å². The molecule has 0 aromatic heterocycles. The van der Waals surface area contributed by atoms with Crippen molar-refractivity contribution in [2.24, 2.45) is 5.92 Å². The van der Waals surface area contributed by atoms with Gasteiger partial charge in [-0.05, 0) is 31.0 Å². The smallest absolute Gasteiger partial charge is 0.275 e. The number of nitro groups is 1. The highest BCUT2D eigenvalue weighted by Crippen LogP contribution is 2.23. The number of aliphatic hydroxyl groups is 1. The third kappa shape index (κ3) is 5.14. The number of aliphatic hydroxyl groups excluding tert-OH is 1. The molecule has 6 heteroatoms. The monoisotopic (exact) mass is 286 g/mol. The topological polar surface area (TPSA) is 75.4 Å². The zero-order valence-electron chi connectivity index (χ0n) is 10.9. The van der Waals surface area contributed by atoms with Gasteiger partial charge < -0.3 is 10.4 Å². The third-order valence-electron chi connectivity index (χ3n) is 3.11. The number of hydrogen-bond acceptors (Lipinski definition) is 4. The lowest BCUT2D eigenvalue weighted by Crippen LogP contribution is -2.23. The molecule has 1 unspecified atom stereocenters. The first-order chi connectivity index (χ1) is 9.08. The molecule has 0 aliphatic carbocycles. The Balaban J connectivity index is 2.60. The van der Waals surface area contributed by atoms with E-state index in [-0.39, 0.29) is 12.3 Å². The number of benzene rings is 1. The molecule has 0 fully saturated rings. The van der Waals surface area contributed by atoms with Crippen LogP contribution in [0, 0.1) is 16.0 Å². The summed E-state index contributed by atoms with van der Waals surface area (Å²) in [7, 11) is 0. The maximum absolute atomic E-state index is 10.9. The van der Waals surface area contributed by atoms with Crippen molar-refractivity contribution in [3.63, 3.8) is 0 Å². The van der Waals surface area contributed by atoms with E-state index in [2.05, 4.69) is 12.2 Å². The van der Waals surface area contributed by atoms with Crippen molar-refractivity contribution in [2.75, 3.05) is 13.2 Å². The van der Waals surface area contributed by atoms with Crippen LogP contribution in [0.4, 0.5) is 5.69 Å². The summed E-state index contributed by atoms with van der Waals surface area (Å²) >= 11 is 5.76. The van der Waals surface area contributed by atoms with E-state index >= 15 is 0 Å². The molecular formula is C13H19ClN2O3. The third-order valence-corrected chi connectivity index (χ3v) is 3.34. The highest BCUT2D eigenvalue weighted by Gasteiger charge is 2.14. The molecule has 0 radical (unpaired) electrons. The van der Waals surface area contributed by atoms with Crippen molar-refractivity contribution in [1.82, 2.24) is 5.32 Å². The first kappa shape index (κ1) is 15.9. The molecule has 19 heavy (non-hydrogen) atoms. The standard InChI is InChI=1S/C13H19ClN2O3/c1-2-10(5-6-17)8-15-9-11-3-4-12(14)7-13(11)16(18)19/h3-4,7,10,15,17H,2,5-6,8-9H2,1H3. The molecule has 1 atom stereocenters. The van der Waals surface area contributed by atoms with E-state index in [1.807, 2.05) is 0 Å². The fourth-order valence-electron chi connectivity index (χ4n) is 1.90. The van der Waals surface area contributed by atoms with Gasteiger partial charge in [-0.1, -0.05) is 24.9 Å². The minimum Gasteiger partial charge on any atom is -0.396 e. The molecule has 1 aromatic carbocycles. The van der Waals surface area contributed by atoms with E-state index in [1.54, 1.807) is 12.1 Å². The average molecular weight is 287 g/mol. The Bertz CT molecular complexity index is 426. The summed E-state index contributed by atoms with van der Waals surface area (Å²) in [5, 5.41) is 23.4. The molecular weight excluding hydrogens is 268 g/mol. The van der Waals surface area contributed by atoms with Gasteiger partial charge in [-0.2, -0.15) is 0 Å². The summed E-state index contributed by atoms with van der Waals surface area (Å²) in [6, 6.07) is 4.68. The second-order valence-corrected chi connectivity index (χ2v) is 4.88. The average Bonchev–Trinajstić information content (AvgIpc) is 2.39. The van der Waals surface area contributed by atoms with Gasteiger partial charge >= 0.3 is 0 Å². The summed E-state index contributed by atoms with van der Waals surface area (Å²) in [5.74, 6) is 0.386. The molecule has 0 aliphatic rings. The molecule has 1 rings (SSSR count). The van der Waals surface area contributed by atoms with Gasteiger partial charge in [0.2, 0.25) is 0 Å². The lowest BCUT2D eigenvalue weighted by atomic mass is 10.0. The zero-order valence-corrected chi connectivity index (χ0v) is 11.7. The van der Waals surface area contributed by atoms with Gasteiger partial charge in [0, 0.05) is 29.8 Å². The highest BCUT2D eigenvalue weighted by atomic mass is 35.5. The van der Waals surface area contributed by atoms with Crippen molar-refractivity contribution >= 4 is 17.3 Å². The van der Waals surface area contributed by atoms with Gasteiger partial charge in [0.25, 0.3) is 5.69 Å². The van der Waals surface area contributed by atoms with Crippen molar-refractivity contribution in [3.05, 3.63) is 38.9 Å². The predicted molar refractivity (Wildman–Crippen MR) is 75.3 cm³/mol. The van der Waals surface area contributed by atoms with Crippen molar-refractivity contribution in [2.45, 2.75) is 26.3 Å². The first-order valence-electron chi connectivity index (χ1n) is 6.32. The number of hydrogen-bond donors (Lipinski definition) is 2. The number of rotatable bonds is 8. The number of nitrogens with one attached hydrogen (secondary N) is 1. The highest BCUT2D eigenvalue weighted by molar-refractivity contribution is 6.30. The van der Waals surface area contributed by atoms with Gasteiger partial charge in [-0.3, -0.25) is 10.1 Å². The Kier molecular flexibility index (Phi) is 6.77. The summed E-state index contributed by atoms with van der Waals surface area (Å²) in [5.41, 5.74) is 0.656. The molecule has 5 nitrogen and oxygen atoms in total. The van der Waals surface area contributed by atoms with Crippen molar-refractivity contribution < 1.29 is 10.0 Å². The van der Waals surface area contributed by atoms with Crippen LogP contribution < -0.4 is 5.32 Å². The zero-order chi connectivity index (χ0) is 14.3. The second-order valence-electron chi connectivity index (χ2n) is 4.45. The molecule has 1 aromatic rings. The molecule has 0 spiro atoms. The Morgan fingerprint density at radius 1 is 1.53 bits per heavy atom. The SMILES string of the molecule is CCC(CCO)CNCc1ccc(Cl)cc1[N+](=O)[O-]. The van der Waals surface area contributed by atoms with E-state index in [0.717, 1.165) is 19.4 Å². The van der Waals surface area contributed by atoms with E-state index in [4.69, 9.17) is 16.7 Å². The van der Waals surface area contributed by atoms with E-state index in [9.17, 15) is 10.1 Å². The Labute approximate surface area is 117 Å². The quantitative estimate of drug-likeness (QED) is 0.569. The van der Waals surface area contributed by atoms with Gasteiger partial charge in [-0.25, -0.2) is 0 Å². The van der Waals surface area contributed by atoms with Crippen LogP contribution in [0.25, 0.3) is 0 Å². The molecule has 0 aliphatic heterocycles. The van der Waals surface area contributed by atoms with Crippen LogP contribution in [-0.2, 0) is 6.54 Å². The number of halogens is 1. The molecule has 0 saturated carbocycles. The van der Waals surface area contributed by atoms with Crippen LogP contribution in [0.1, 0.15) is 25.3 Å². The van der Waals surface area contributed by atoms with Crippen molar-refractivity contribution in [3.8, 4) is 0 Å². The van der Waals surface area contributed by atoms with E-state index in [0.29, 0.717) is 23.0 Å². The summed E-state index contributed by atoms with van der Waals surface area (Å²) in [6.45, 7) is 3.39. The lowest BCUT2D eigenvalue weighted by molar-refractivity contribution is -0.385. The Morgan fingerprint density at radius 2 is 2.26 bits per heavy atom. The fraction of sp³-hybridized carbons (Fsp3) is 0.538. The summed E-state index contributed by atoms with van der Waals surface area (Å²) in [4.78, 5) is 10.5. The van der Waals surface area contributed by atoms with E-state index in [1.165, 1.54) is 6.07 Å². The second kappa shape index (κ2) is 8.09. The normalized spacial score (nSPS) is 12.4. The maximum Gasteiger partial charge on any atom is 0.275 e. The Morgan fingerprint density at radius 3 is 2.84 bits per heavy atom. The fourth-order valence-corrected chi connectivity index (χ4v) is 2.07. The number of nitrogens with zero attached hydrogens (tertiary/aromatic N) is 1. The van der Waals surface area contributed by atoms with Crippen LogP contribution in [0.5, 0.6) is 0 Å². The number of nitro benzene ring substituents is 1. The van der Waals surface area contributed by atoms with Crippen LogP contribution in [0.2, 0.25) is 5.02 Å². The van der Waals surface area contributed by atoms with Gasteiger partial charge in [0.1, 0.15) is 0 Å². The molecule has 0 saturated heterocycles. The van der Waals surface area contributed by atoms with Crippen molar-refractivity contribution in [1.29, 1.82) is 0 Å². The van der Waals surface area contributed by atoms with Gasteiger partial charge in [0.15, 0.2) is 0 Å². The van der Waals surface area contributed by atoms with Crippen LogP contribution >= 0.6 is 11.6 Å². The van der Waals surface area contributed by atoms with Crippen LogP contribution in [0.15, 0.2) is 18.2 Å². The van der Waals surface area contributed by atoms with E-state index < -0.39 is 4.92 Å². The minimum atomic E-state index is -0.423. The predicted octanol–water partition coefficient (Wildman–Crippen LogP) is 2.75.